The average molecular weight is 315 g/mol. The van der Waals surface area contributed by atoms with Crippen LogP contribution in [0.2, 0.25) is 0 Å². The van der Waals surface area contributed by atoms with Crippen LogP contribution in [0.4, 0.5) is 0 Å². The SMILES string of the molecule is CC(O)(CC(=O)NCC1CCN(CC#N)CC1)c1ccccc1. The van der Waals surface area contributed by atoms with Gasteiger partial charge in [0.25, 0.3) is 0 Å². The summed E-state index contributed by atoms with van der Waals surface area (Å²) in [5.41, 5.74) is -0.401. The van der Waals surface area contributed by atoms with Crippen LogP contribution in [0.25, 0.3) is 0 Å². The van der Waals surface area contributed by atoms with E-state index in [1.807, 2.05) is 30.3 Å². The van der Waals surface area contributed by atoms with Crippen molar-refractivity contribution in [2.24, 2.45) is 5.92 Å². The molecule has 0 aromatic heterocycles. The Morgan fingerprint density at radius 1 is 1.39 bits per heavy atom. The number of amides is 1. The summed E-state index contributed by atoms with van der Waals surface area (Å²) < 4.78 is 0. The number of hydrogen-bond donors (Lipinski definition) is 2. The van der Waals surface area contributed by atoms with Crippen molar-refractivity contribution in [1.82, 2.24) is 10.2 Å². The van der Waals surface area contributed by atoms with E-state index < -0.39 is 5.60 Å². The van der Waals surface area contributed by atoms with Gasteiger partial charge in [0.1, 0.15) is 0 Å². The van der Waals surface area contributed by atoms with E-state index >= 15 is 0 Å². The molecule has 1 unspecified atom stereocenters. The van der Waals surface area contributed by atoms with E-state index in [0.717, 1.165) is 31.5 Å². The second-order valence-electron chi connectivity index (χ2n) is 6.50. The summed E-state index contributed by atoms with van der Waals surface area (Å²) in [6.45, 7) is 4.62. The third kappa shape index (κ3) is 5.34. The number of aliphatic hydroxyl groups is 1. The van der Waals surface area contributed by atoms with Crippen molar-refractivity contribution in [2.45, 2.75) is 31.8 Å². The molecule has 1 heterocycles. The molecule has 1 fully saturated rings. The van der Waals surface area contributed by atoms with Gasteiger partial charge in [0.05, 0.1) is 24.6 Å². The van der Waals surface area contributed by atoms with Gasteiger partial charge in [-0.3, -0.25) is 9.69 Å². The molecule has 23 heavy (non-hydrogen) atoms. The van der Waals surface area contributed by atoms with Crippen LogP contribution in [0.15, 0.2) is 30.3 Å². The second kappa shape index (κ2) is 8.09. The summed E-state index contributed by atoms with van der Waals surface area (Å²) in [6.07, 6.45) is 2.05. The first-order valence-corrected chi connectivity index (χ1v) is 8.15. The average Bonchev–Trinajstić information content (AvgIpc) is 2.55. The summed E-state index contributed by atoms with van der Waals surface area (Å²) in [4.78, 5) is 14.3. The van der Waals surface area contributed by atoms with Crippen LogP contribution in [0, 0.1) is 17.2 Å². The van der Waals surface area contributed by atoms with Gasteiger partial charge in [-0.15, -0.1) is 0 Å². The van der Waals surface area contributed by atoms with Crippen molar-refractivity contribution in [3.05, 3.63) is 35.9 Å². The van der Waals surface area contributed by atoms with E-state index in [1.54, 1.807) is 6.92 Å². The molecule has 1 saturated heterocycles. The van der Waals surface area contributed by atoms with Crippen molar-refractivity contribution < 1.29 is 9.90 Å². The van der Waals surface area contributed by atoms with Gasteiger partial charge >= 0.3 is 0 Å². The van der Waals surface area contributed by atoms with Crippen LogP contribution in [-0.2, 0) is 10.4 Å². The molecule has 0 radical (unpaired) electrons. The molecule has 1 aromatic rings. The molecule has 2 N–H and O–H groups in total. The highest BCUT2D eigenvalue weighted by molar-refractivity contribution is 5.77. The van der Waals surface area contributed by atoms with E-state index in [2.05, 4.69) is 16.3 Å². The fourth-order valence-electron chi connectivity index (χ4n) is 2.98. The zero-order valence-electron chi connectivity index (χ0n) is 13.7. The Hall–Kier alpha value is -1.90. The number of carbonyl (C=O) groups excluding carboxylic acids is 1. The van der Waals surface area contributed by atoms with Gasteiger partial charge in [0, 0.05) is 6.54 Å². The number of nitrogens with zero attached hydrogens (tertiary/aromatic N) is 2. The molecule has 0 spiro atoms. The van der Waals surface area contributed by atoms with Crippen LogP contribution >= 0.6 is 0 Å². The Kier molecular flexibility index (Phi) is 6.14. The minimum atomic E-state index is -1.15. The maximum Gasteiger partial charge on any atom is 0.223 e. The molecule has 0 aliphatic carbocycles. The molecule has 1 atom stereocenters. The zero-order chi connectivity index (χ0) is 16.7. The van der Waals surface area contributed by atoms with E-state index in [1.165, 1.54) is 0 Å². The number of carbonyl (C=O) groups is 1. The zero-order valence-corrected chi connectivity index (χ0v) is 13.7. The lowest BCUT2D eigenvalue weighted by molar-refractivity contribution is -0.126. The van der Waals surface area contributed by atoms with Crippen LogP contribution in [0.3, 0.4) is 0 Å². The summed E-state index contributed by atoms with van der Waals surface area (Å²) >= 11 is 0. The number of likely N-dealkylation sites (tertiary alicyclic amines) is 1. The Morgan fingerprint density at radius 3 is 2.65 bits per heavy atom. The lowest BCUT2D eigenvalue weighted by Gasteiger charge is -2.30. The van der Waals surface area contributed by atoms with Crippen LogP contribution in [-0.4, -0.2) is 42.1 Å². The Bertz CT molecular complexity index is 543. The van der Waals surface area contributed by atoms with Gasteiger partial charge in [0.2, 0.25) is 5.91 Å². The highest BCUT2D eigenvalue weighted by atomic mass is 16.3. The number of hydrogen-bond acceptors (Lipinski definition) is 4. The summed E-state index contributed by atoms with van der Waals surface area (Å²) in [5.74, 6) is 0.328. The van der Waals surface area contributed by atoms with E-state index in [0.29, 0.717) is 19.0 Å². The topological polar surface area (TPSA) is 76.4 Å². The van der Waals surface area contributed by atoms with E-state index in [-0.39, 0.29) is 12.3 Å². The first-order valence-electron chi connectivity index (χ1n) is 8.15. The maximum atomic E-state index is 12.1. The number of benzene rings is 1. The molecule has 5 nitrogen and oxygen atoms in total. The predicted molar refractivity (Wildman–Crippen MR) is 88.4 cm³/mol. The summed E-state index contributed by atoms with van der Waals surface area (Å²) in [6, 6.07) is 11.4. The van der Waals surface area contributed by atoms with Crippen molar-refractivity contribution in [3.63, 3.8) is 0 Å². The van der Waals surface area contributed by atoms with Gasteiger partial charge < -0.3 is 10.4 Å². The van der Waals surface area contributed by atoms with Gasteiger partial charge in [-0.2, -0.15) is 5.26 Å². The molecule has 2 rings (SSSR count). The quantitative estimate of drug-likeness (QED) is 0.782. The molecular formula is C18H25N3O2. The van der Waals surface area contributed by atoms with Gasteiger partial charge in [-0.1, -0.05) is 30.3 Å². The largest absolute Gasteiger partial charge is 0.385 e. The third-order valence-electron chi connectivity index (χ3n) is 4.49. The third-order valence-corrected chi connectivity index (χ3v) is 4.49. The number of rotatable bonds is 6. The minimum absolute atomic E-state index is 0.0598. The van der Waals surface area contributed by atoms with Crippen molar-refractivity contribution in [1.29, 1.82) is 5.26 Å². The summed E-state index contributed by atoms with van der Waals surface area (Å²) in [5, 5.41) is 22.1. The maximum absolute atomic E-state index is 12.1. The lowest BCUT2D eigenvalue weighted by Crippen LogP contribution is -2.40. The standard InChI is InChI=1S/C18H25N3O2/c1-18(23,16-5-3-2-4-6-16)13-17(22)20-14-15-7-10-21(11-8-15)12-9-19/h2-6,15,23H,7-8,10-14H2,1H3,(H,20,22). The normalized spacial score (nSPS) is 18.8. The second-order valence-corrected chi connectivity index (χ2v) is 6.50. The molecule has 1 aliphatic heterocycles. The van der Waals surface area contributed by atoms with Crippen molar-refractivity contribution >= 4 is 5.91 Å². The fourth-order valence-corrected chi connectivity index (χ4v) is 2.98. The van der Waals surface area contributed by atoms with Crippen LogP contribution in [0.1, 0.15) is 31.7 Å². The summed E-state index contributed by atoms with van der Waals surface area (Å²) in [7, 11) is 0. The first-order chi connectivity index (χ1) is 11.0. The first kappa shape index (κ1) is 17.5. The highest BCUT2D eigenvalue weighted by Gasteiger charge is 2.27. The molecule has 1 amide bonds. The minimum Gasteiger partial charge on any atom is -0.385 e. The Balaban J connectivity index is 1.75. The fraction of sp³-hybridized carbons (Fsp3) is 0.556. The molecule has 124 valence electrons. The van der Waals surface area contributed by atoms with Crippen LogP contribution in [0.5, 0.6) is 0 Å². The Morgan fingerprint density at radius 2 is 2.04 bits per heavy atom. The number of piperidine rings is 1. The Labute approximate surface area is 137 Å². The number of nitriles is 1. The van der Waals surface area contributed by atoms with Crippen molar-refractivity contribution in [3.8, 4) is 6.07 Å². The smallest absolute Gasteiger partial charge is 0.223 e. The van der Waals surface area contributed by atoms with Gasteiger partial charge in [-0.25, -0.2) is 0 Å². The molecular weight excluding hydrogens is 290 g/mol. The molecule has 0 bridgehead atoms. The predicted octanol–water partition coefficient (Wildman–Crippen LogP) is 1.64. The monoisotopic (exact) mass is 315 g/mol. The van der Waals surface area contributed by atoms with Gasteiger partial charge in [0.15, 0.2) is 0 Å². The molecule has 0 saturated carbocycles. The molecule has 1 aliphatic rings. The van der Waals surface area contributed by atoms with Crippen molar-refractivity contribution in [2.75, 3.05) is 26.2 Å². The van der Waals surface area contributed by atoms with Crippen LogP contribution < -0.4 is 5.32 Å². The molecule has 1 aromatic carbocycles. The lowest BCUT2D eigenvalue weighted by atomic mass is 9.92. The van der Waals surface area contributed by atoms with E-state index in [9.17, 15) is 9.90 Å². The number of nitrogens with one attached hydrogen (secondary N) is 1. The molecule has 5 heteroatoms. The van der Waals surface area contributed by atoms with E-state index in [4.69, 9.17) is 5.26 Å². The highest BCUT2D eigenvalue weighted by Crippen LogP contribution is 2.24. The van der Waals surface area contributed by atoms with Gasteiger partial charge in [-0.05, 0) is 44.3 Å².